The predicted molar refractivity (Wildman–Crippen MR) is 80.4 cm³/mol. The lowest BCUT2D eigenvalue weighted by Gasteiger charge is -2.06. The Hall–Kier alpha value is -1.79. The Kier molecular flexibility index (Phi) is 4.24. The van der Waals surface area contributed by atoms with E-state index in [4.69, 9.17) is 18.0 Å². The summed E-state index contributed by atoms with van der Waals surface area (Å²) in [5, 5.41) is 2.86. The molecule has 98 valence electrons. The third-order valence-corrected chi connectivity index (χ3v) is 3.83. The van der Waals surface area contributed by atoms with Crippen molar-refractivity contribution < 1.29 is 4.79 Å². The van der Waals surface area contributed by atoms with Gasteiger partial charge in [0.05, 0.1) is 17.7 Å². The van der Waals surface area contributed by atoms with Crippen LogP contribution in [0.1, 0.15) is 26.5 Å². The van der Waals surface area contributed by atoms with Crippen molar-refractivity contribution in [2.45, 2.75) is 13.5 Å². The van der Waals surface area contributed by atoms with E-state index >= 15 is 0 Å². The maximum absolute atomic E-state index is 12.0. The lowest BCUT2D eigenvalue weighted by atomic mass is 10.1. The highest BCUT2D eigenvalue weighted by Gasteiger charge is 2.08. The summed E-state index contributed by atoms with van der Waals surface area (Å²) in [7, 11) is 0. The SMILES string of the molecule is Cc1ncsc1CNC(=O)c1cccc(C(N)=S)c1. The van der Waals surface area contributed by atoms with Gasteiger partial charge in [-0.05, 0) is 19.1 Å². The maximum atomic E-state index is 12.0. The molecular weight excluding hydrogens is 278 g/mol. The molecule has 6 heteroatoms. The van der Waals surface area contributed by atoms with Crippen LogP contribution in [0.3, 0.4) is 0 Å². The summed E-state index contributed by atoms with van der Waals surface area (Å²) < 4.78 is 0. The van der Waals surface area contributed by atoms with E-state index in [0.717, 1.165) is 10.6 Å². The Morgan fingerprint density at radius 1 is 1.47 bits per heavy atom. The van der Waals surface area contributed by atoms with Gasteiger partial charge < -0.3 is 11.1 Å². The fourth-order valence-electron chi connectivity index (χ4n) is 1.57. The first-order valence-corrected chi connectivity index (χ1v) is 6.93. The van der Waals surface area contributed by atoms with Crippen LogP contribution in [0.25, 0.3) is 0 Å². The van der Waals surface area contributed by atoms with Crippen LogP contribution in [0.15, 0.2) is 29.8 Å². The number of hydrogen-bond donors (Lipinski definition) is 2. The van der Waals surface area contributed by atoms with E-state index in [0.29, 0.717) is 17.7 Å². The topological polar surface area (TPSA) is 68.0 Å². The highest BCUT2D eigenvalue weighted by Crippen LogP contribution is 2.12. The van der Waals surface area contributed by atoms with Crippen molar-refractivity contribution in [1.29, 1.82) is 0 Å². The Labute approximate surface area is 120 Å². The van der Waals surface area contributed by atoms with Crippen molar-refractivity contribution >= 4 is 34.5 Å². The molecule has 19 heavy (non-hydrogen) atoms. The monoisotopic (exact) mass is 291 g/mol. The lowest BCUT2D eigenvalue weighted by Crippen LogP contribution is -2.23. The van der Waals surface area contributed by atoms with Crippen LogP contribution in [0.2, 0.25) is 0 Å². The zero-order valence-corrected chi connectivity index (χ0v) is 12.0. The van der Waals surface area contributed by atoms with E-state index in [9.17, 15) is 4.79 Å². The van der Waals surface area contributed by atoms with Crippen LogP contribution >= 0.6 is 23.6 Å². The number of benzene rings is 1. The van der Waals surface area contributed by atoms with E-state index in [2.05, 4.69) is 10.3 Å². The minimum atomic E-state index is -0.147. The van der Waals surface area contributed by atoms with Crippen molar-refractivity contribution in [3.8, 4) is 0 Å². The molecule has 4 nitrogen and oxygen atoms in total. The first-order chi connectivity index (χ1) is 9.08. The number of nitrogens with two attached hydrogens (primary N) is 1. The smallest absolute Gasteiger partial charge is 0.251 e. The molecule has 1 heterocycles. The van der Waals surface area contributed by atoms with Gasteiger partial charge in [0, 0.05) is 16.0 Å². The molecule has 0 unspecified atom stereocenters. The second kappa shape index (κ2) is 5.90. The second-order valence-electron chi connectivity index (χ2n) is 3.99. The third kappa shape index (κ3) is 3.36. The first kappa shape index (κ1) is 13.6. The predicted octanol–water partition coefficient (Wildman–Crippen LogP) is 2.02. The van der Waals surface area contributed by atoms with Crippen LogP contribution in [0, 0.1) is 6.92 Å². The second-order valence-corrected chi connectivity index (χ2v) is 5.37. The third-order valence-electron chi connectivity index (χ3n) is 2.66. The molecular formula is C13H13N3OS2. The highest BCUT2D eigenvalue weighted by atomic mass is 32.1. The van der Waals surface area contributed by atoms with Crippen molar-refractivity contribution in [2.75, 3.05) is 0 Å². The number of hydrogen-bond acceptors (Lipinski definition) is 4. The molecule has 0 aliphatic carbocycles. The number of nitrogens with zero attached hydrogens (tertiary/aromatic N) is 1. The molecule has 0 saturated heterocycles. The molecule has 2 aromatic rings. The van der Waals surface area contributed by atoms with Gasteiger partial charge in [-0.3, -0.25) is 4.79 Å². The van der Waals surface area contributed by atoms with E-state index in [1.807, 2.05) is 6.92 Å². The molecule has 0 saturated carbocycles. The van der Waals surface area contributed by atoms with E-state index < -0.39 is 0 Å². The summed E-state index contributed by atoms with van der Waals surface area (Å²) in [6.07, 6.45) is 0. The zero-order chi connectivity index (χ0) is 13.8. The first-order valence-electron chi connectivity index (χ1n) is 5.65. The minimum Gasteiger partial charge on any atom is -0.389 e. The fraction of sp³-hybridized carbons (Fsp3) is 0.154. The van der Waals surface area contributed by atoms with Crippen LogP contribution in [0.4, 0.5) is 0 Å². The zero-order valence-electron chi connectivity index (χ0n) is 10.3. The van der Waals surface area contributed by atoms with Crippen molar-refractivity contribution in [3.05, 3.63) is 51.5 Å². The van der Waals surface area contributed by atoms with Gasteiger partial charge in [0.15, 0.2) is 0 Å². The Morgan fingerprint density at radius 3 is 2.84 bits per heavy atom. The normalized spacial score (nSPS) is 10.2. The molecule has 2 rings (SSSR count). The Bertz CT molecular complexity index is 622. The van der Waals surface area contributed by atoms with Crippen LogP contribution < -0.4 is 11.1 Å². The molecule has 0 aliphatic heterocycles. The molecule has 1 aromatic heterocycles. The number of aromatic nitrogens is 1. The maximum Gasteiger partial charge on any atom is 0.251 e. The number of amides is 1. The molecule has 0 atom stereocenters. The molecule has 0 bridgehead atoms. The molecule has 0 fully saturated rings. The summed E-state index contributed by atoms with van der Waals surface area (Å²) in [5.41, 5.74) is 9.50. The van der Waals surface area contributed by atoms with Gasteiger partial charge in [-0.1, -0.05) is 24.4 Å². The molecule has 0 radical (unpaired) electrons. The van der Waals surface area contributed by atoms with E-state index in [1.165, 1.54) is 11.3 Å². The molecule has 1 aromatic carbocycles. The van der Waals surface area contributed by atoms with E-state index in [1.54, 1.807) is 29.8 Å². The Balaban J connectivity index is 2.06. The summed E-state index contributed by atoms with van der Waals surface area (Å²) in [6.45, 7) is 2.40. The number of carbonyl (C=O) groups is 1. The summed E-state index contributed by atoms with van der Waals surface area (Å²) in [4.78, 5) is 17.5. The minimum absolute atomic E-state index is 0.147. The quantitative estimate of drug-likeness (QED) is 0.846. The number of thiazole rings is 1. The average Bonchev–Trinajstić information content (AvgIpc) is 2.81. The van der Waals surface area contributed by atoms with Gasteiger partial charge in [0.25, 0.3) is 5.91 Å². The molecule has 3 N–H and O–H groups in total. The number of nitrogens with one attached hydrogen (secondary N) is 1. The molecule has 0 spiro atoms. The van der Waals surface area contributed by atoms with Crippen molar-refractivity contribution in [1.82, 2.24) is 10.3 Å². The van der Waals surface area contributed by atoms with Gasteiger partial charge in [0.1, 0.15) is 4.99 Å². The van der Waals surface area contributed by atoms with Gasteiger partial charge >= 0.3 is 0 Å². The van der Waals surface area contributed by atoms with Crippen LogP contribution in [0.5, 0.6) is 0 Å². The summed E-state index contributed by atoms with van der Waals surface area (Å²) in [6, 6.07) is 6.97. The van der Waals surface area contributed by atoms with Crippen molar-refractivity contribution in [3.63, 3.8) is 0 Å². The number of aryl methyl sites for hydroxylation is 1. The van der Waals surface area contributed by atoms with Gasteiger partial charge in [-0.15, -0.1) is 11.3 Å². The summed E-state index contributed by atoms with van der Waals surface area (Å²) in [5.74, 6) is -0.147. The number of thiocarbonyl (C=S) groups is 1. The highest BCUT2D eigenvalue weighted by molar-refractivity contribution is 7.80. The standard InChI is InChI=1S/C13H13N3OS2/c1-8-11(19-7-16-8)6-15-13(17)10-4-2-3-9(5-10)12(14)18/h2-5,7H,6H2,1H3,(H2,14,18)(H,15,17). The van der Waals surface area contributed by atoms with Crippen LogP contribution in [-0.2, 0) is 6.54 Å². The largest absolute Gasteiger partial charge is 0.389 e. The van der Waals surface area contributed by atoms with Gasteiger partial charge in [-0.2, -0.15) is 0 Å². The molecule has 1 amide bonds. The number of carbonyl (C=O) groups excluding carboxylic acids is 1. The summed E-state index contributed by atoms with van der Waals surface area (Å²) >= 11 is 6.42. The average molecular weight is 291 g/mol. The van der Waals surface area contributed by atoms with E-state index in [-0.39, 0.29) is 10.9 Å². The van der Waals surface area contributed by atoms with Gasteiger partial charge in [0.2, 0.25) is 0 Å². The van der Waals surface area contributed by atoms with Crippen LogP contribution in [-0.4, -0.2) is 15.9 Å². The lowest BCUT2D eigenvalue weighted by molar-refractivity contribution is 0.0951. The van der Waals surface area contributed by atoms with Crippen molar-refractivity contribution in [2.24, 2.45) is 5.73 Å². The Morgan fingerprint density at radius 2 is 2.21 bits per heavy atom. The van der Waals surface area contributed by atoms with Gasteiger partial charge in [-0.25, -0.2) is 4.98 Å². The molecule has 0 aliphatic rings. The fourth-order valence-corrected chi connectivity index (χ4v) is 2.42. The number of rotatable bonds is 4.